The molecule has 4 heteroatoms. The van der Waals surface area contributed by atoms with Crippen LogP contribution in [0, 0.1) is 0 Å². The fourth-order valence-corrected chi connectivity index (χ4v) is 3.63. The molecule has 0 amide bonds. The smallest absolute Gasteiger partial charge is 0.246 e. The number of carbonyl (C=O) groups is 2. The van der Waals surface area contributed by atoms with Crippen LogP contribution in [0.25, 0.3) is 0 Å². The van der Waals surface area contributed by atoms with Gasteiger partial charge in [-0.15, -0.1) is 0 Å². The molecule has 0 aromatic rings. The summed E-state index contributed by atoms with van der Waals surface area (Å²) in [7, 11) is 0. The van der Waals surface area contributed by atoms with Crippen molar-refractivity contribution in [1.29, 1.82) is 0 Å². The zero-order valence-corrected chi connectivity index (χ0v) is 12.1. The Hall–Kier alpha value is -1.03. The molecule has 0 bridgehead atoms. The second kappa shape index (κ2) is 6.17. The van der Waals surface area contributed by atoms with Gasteiger partial charge in [-0.3, -0.25) is 19.9 Å². The van der Waals surface area contributed by atoms with Gasteiger partial charge in [0.15, 0.2) is 0 Å². The number of hydrogen-bond donors (Lipinski definition) is 1. The monoisotopic (exact) mass is 276 g/mol. The molecule has 0 spiro atoms. The lowest BCUT2D eigenvalue weighted by atomic mass is 9.83. The molecule has 0 radical (unpaired) electrons. The van der Waals surface area contributed by atoms with Crippen LogP contribution in [0.5, 0.6) is 0 Å². The maximum absolute atomic E-state index is 11.8. The highest BCUT2D eigenvalue weighted by atomic mass is 16.2. The van der Waals surface area contributed by atoms with E-state index in [4.69, 9.17) is 0 Å². The Bertz CT molecular complexity index is 418. The summed E-state index contributed by atoms with van der Waals surface area (Å²) in [5, 5.41) is 3.37. The molecule has 4 nitrogen and oxygen atoms in total. The SMILES string of the molecule is O=C1C(=O)[C@@H](NC2CCCCC2)C1=NC1CCCCC1. The van der Waals surface area contributed by atoms with Crippen LogP contribution in [0.2, 0.25) is 0 Å². The first-order valence-electron chi connectivity index (χ1n) is 8.18. The number of aliphatic imine (C=N–C) groups is 1. The molecule has 3 rings (SSSR count). The second-order valence-electron chi connectivity index (χ2n) is 6.43. The summed E-state index contributed by atoms with van der Waals surface area (Å²) in [4.78, 5) is 28.2. The Morgan fingerprint density at radius 1 is 0.850 bits per heavy atom. The zero-order chi connectivity index (χ0) is 13.9. The Morgan fingerprint density at radius 3 is 2.10 bits per heavy atom. The van der Waals surface area contributed by atoms with Crippen molar-refractivity contribution in [3.63, 3.8) is 0 Å². The van der Waals surface area contributed by atoms with E-state index in [1.54, 1.807) is 0 Å². The van der Waals surface area contributed by atoms with Crippen molar-refractivity contribution >= 4 is 17.3 Å². The summed E-state index contributed by atoms with van der Waals surface area (Å²) in [6.45, 7) is 0. The molecule has 0 aliphatic heterocycles. The van der Waals surface area contributed by atoms with Gasteiger partial charge in [0.05, 0.1) is 6.04 Å². The molecule has 1 atom stereocenters. The van der Waals surface area contributed by atoms with E-state index < -0.39 is 6.04 Å². The topological polar surface area (TPSA) is 58.5 Å². The van der Waals surface area contributed by atoms with E-state index in [0.29, 0.717) is 11.8 Å². The van der Waals surface area contributed by atoms with Crippen molar-refractivity contribution in [2.24, 2.45) is 4.99 Å². The average molecular weight is 276 g/mol. The van der Waals surface area contributed by atoms with Crippen molar-refractivity contribution in [2.45, 2.75) is 82.3 Å². The maximum atomic E-state index is 11.8. The maximum Gasteiger partial charge on any atom is 0.246 e. The first kappa shape index (κ1) is 13.9. The molecule has 0 aromatic carbocycles. The molecule has 20 heavy (non-hydrogen) atoms. The van der Waals surface area contributed by atoms with E-state index in [1.165, 1.54) is 38.5 Å². The molecule has 110 valence electrons. The van der Waals surface area contributed by atoms with Gasteiger partial charge in [-0.05, 0) is 25.7 Å². The number of carbonyl (C=O) groups excluding carboxylic acids is 2. The van der Waals surface area contributed by atoms with Gasteiger partial charge in [-0.25, -0.2) is 0 Å². The second-order valence-corrected chi connectivity index (χ2v) is 6.43. The largest absolute Gasteiger partial charge is 0.299 e. The third-order valence-electron chi connectivity index (χ3n) is 4.90. The van der Waals surface area contributed by atoms with Crippen molar-refractivity contribution in [2.75, 3.05) is 0 Å². The Morgan fingerprint density at radius 2 is 1.45 bits per heavy atom. The van der Waals surface area contributed by atoms with Crippen LogP contribution in [0.1, 0.15) is 64.2 Å². The highest BCUT2D eigenvalue weighted by molar-refractivity contribution is 6.80. The number of rotatable bonds is 3. The molecule has 3 saturated carbocycles. The van der Waals surface area contributed by atoms with Crippen LogP contribution in [-0.4, -0.2) is 35.4 Å². The molecule has 1 N–H and O–H groups in total. The number of ketones is 2. The minimum atomic E-state index is -0.396. The van der Waals surface area contributed by atoms with Crippen LogP contribution in [0.3, 0.4) is 0 Å². The lowest BCUT2D eigenvalue weighted by Gasteiger charge is -2.33. The average Bonchev–Trinajstić information content (AvgIpc) is 2.52. The van der Waals surface area contributed by atoms with Gasteiger partial charge in [0, 0.05) is 6.04 Å². The third-order valence-corrected chi connectivity index (χ3v) is 4.90. The Balaban J connectivity index is 1.63. The van der Waals surface area contributed by atoms with Crippen molar-refractivity contribution < 1.29 is 9.59 Å². The van der Waals surface area contributed by atoms with Gasteiger partial charge in [-0.2, -0.15) is 0 Å². The van der Waals surface area contributed by atoms with E-state index in [9.17, 15) is 9.59 Å². The number of nitrogens with zero attached hydrogens (tertiary/aromatic N) is 1. The van der Waals surface area contributed by atoms with E-state index in [1.807, 2.05) is 0 Å². The number of Topliss-reactive ketones (excluding diaryl/α,β-unsaturated/α-hetero) is 2. The van der Waals surface area contributed by atoms with Gasteiger partial charge >= 0.3 is 0 Å². The van der Waals surface area contributed by atoms with Crippen LogP contribution in [-0.2, 0) is 9.59 Å². The predicted molar refractivity (Wildman–Crippen MR) is 78.1 cm³/mol. The molecule has 3 aliphatic carbocycles. The van der Waals surface area contributed by atoms with E-state index >= 15 is 0 Å². The van der Waals surface area contributed by atoms with Gasteiger partial charge in [0.25, 0.3) is 0 Å². The van der Waals surface area contributed by atoms with Gasteiger partial charge in [-0.1, -0.05) is 38.5 Å². The molecule has 0 unspecified atom stereocenters. The van der Waals surface area contributed by atoms with E-state index in [0.717, 1.165) is 25.7 Å². The summed E-state index contributed by atoms with van der Waals surface area (Å²) >= 11 is 0. The Labute approximate surface area is 120 Å². The first-order valence-corrected chi connectivity index (χ1v) is 8.18. The molecular weight excluding hydrogens is 252 g/mol. The highest BCUT2D eigenvalue weighted by Gasteiger charge is 2.46. The quantitative estimate of drug-likeness (QED) is 0.804. The fraction of sp³-hybridized carbons (Fsp3) is 0.812. The number of hydrogen-bond acceptors (Lipinski definition) is 4. The fourth-order valence-electron chi connectivity index (χ4n) is 3.63. The normalized spacial score (nSPS) is 31.6. The minimum Gasteiger partial charge on any atom is -0.299 e. The van der Waals surface area contributed by atoms with Crippen molar-refractivity contribution in [3.05, 3.63) is 0 Å². The zero-order valence-electron chi connectivity index (χ0n) is 12.1. The van der Waals surface area contributed by atoms with Gasteiger partial charge < -0.3 is 0 Å². The summed E-state index contributed by atoms with van der Waals surface area (Å²) in [6.07, 6.45) is 11.8. The van der Waals surface area contributed by atoms with Crippen LogP contribution in [0.4, 0.5) is 0 Å². The summed E-state index contributed by atoms with van der Waals surface area (Å²) in [5.41, 5.74) is 0.521. The molecular formula is C16H24N2O2. The number of nitrogens with one attached hydrogen (secondary N) is 1. The standard InChI is InChI=1S/C16H24N2O2/c19-15-13(17-11-7-3-1-4-8-11)14(16(15)20)18-12-9-5-2-6-10-12/h11-13,17H,1-10H2/t13-/m0/s1. The summed E-state index contributed by atoms with van der Waals surface area (Å²) in [5.74, 6) is -0.617. The highest BCUT2D eigenvalue weighted by Crippen LogP contribution is 2.24. The van der Waals surface area contributed by atoms with Crippen LogP contribution in [0.15, 0.2) is 4.99 Å². The van der Waals surface area contributed by atoms with E-state index in [2.05, 4.69) is 10.3 Å². The van der Waals surface area contributed by atoms with Crippen molar-refractivity contribution in [3.8, 4) is 0 Å². The third kappa shape index (κ3) is 2.85. The summed E-state index contributed by atoms with van der Waals surface area (Å²) < 4.78 is 0. The lowest BCUT2D eigenvalue weighted by Crippen LogP contribution is -2.63. The van der Waals surface area contributed by atoms with Crippen LogP contribution < -0.4 is 5.32 Å². The lowest BCUT2D eigenvalue weighted by molar-refractivity contribution is -0.136. The molecule has 3 fully saturated rings. The minimum absolute atomic E-state index is 0.270. The van der Waals surface area contributed by atoms with Crippen LogP contribution >= 0.6 is 0 Å². The first-order chi connectivity index (χ1) is 9.75. The molecule has 3 aliphatic rings. The Kier molecular flexibility index (Phi) is 4.29. The van der Waals surface area contributed by atoms with Gasteiger partial charge in [0.2, 0.25) is 11.6 Å². The predicted octanol–water partition coefficient (Wildman–Crippen LogP) is 2.20. The molecule has 0 aromatic heterocycles. The van der Waals surface area contributed by atoms with E-state index in [-0.39, 0.29) is 17.6 Å². The molecule has 0 heterocycles. The summed E-state index contributed by atoms with van der Waals surface area (Å²) in [6, 6.07) is 0.265. The van der Waals surface area contributed by atoms with Crippen molar-refractivity contribution in [1.82, 2.24) is 5.32 Å². The van der Waals surface area contributed by atoms with Gasteiger partial charge in [0.1, 0.15) is 11.8 Å². The molecule has 0 saturated heterocycles.